The van der Waals surface area contributed by atoms with Crippen LogP contribution in [0, 0.1) is 13.8 Å². The third-order valence-corrected chi connectivity index (χ3v) is 5.05. The third kappa shape index (κ3) is 3.23. The van der Waals surface area contributed by atoms with Crippen molar-refractivity contribution in [3.8, 4) is 0 Å². The maximum absolute atomic E-state index is 12.6. The summed E-state index contributed by atoms with van der Waals surface area (Å²) >= 11 is 1.64. The van der Waals surface area contributed by atoms with Crippen LogP contribution in [0.1, 0.15) is 54.6 Å². The predicted molar refractivity (Wildman–Crippen MR) is 77.7 cm³/mol. The largest absolute Gasteiger partial charge is 0.367 e. The normalized spacial score (nSPS) is 18.5. The van der Waals surface area contributed by atoms with Crippen molar-refractivity contribution in [2.75, 3.05) is 6.61 Å². The average Bonchev–Trinajstić information content (AvgIpc) is 2.69. The number of aromatic nitrogens is 1. The van der Waals surface area contributed by atoms with Crippen LogP contribution in [-0.4, -0.2) is 23.0 Å². The van der Waals surface area contributed by atoms with Gasteiger partial charge in [0.2, 0.25) is 0 Å². The summed E-state index contributed by atoms with van der Waals surface area (Å²) < 4.78 is 5.87. The zero-order valence-corrected chi connectivity index (χ0v) is 12.9. The van der Waals surface area contributed by atoms with Gasteiger partial charge in [0.1, 0.15) is 10.6 Å². The fraction of sp³-hybridized carbons (Fsp3) is 0.733. The lowest BCUT2D eigenvalue weighted by Crippen LogP contribution is -2.44. The summed E-state index contributed by atoms with van der Waals surface area (Å²) in [7, 11) is 0. The molecule has 0 N–H and O–H groups in total. The van der Waals surface area contributed by atoms with E-state index in [1.54, 1.807) is 11.3 Å². The molecule has 19 heavy (non-hydrogen) atoms. The highest BCUT2D eigenvalue weighted by molar-refractivity contribution is 7.11. The zero-order valence-electron chi connectivity index (χ0n) is 12.1. The third-order valence-electron chi connectivity index (χ3n) is 3.97. The molecule has 0 unspecified atom stereocenters. The lowest BCUT2D eigenvalue weighted by atomic mass is 9.80. The van der Waals surface area contributed by atoms with Gasteiger partial charge in [0.25, 0.3) is 0 Å². The van der Waals surface area contributed by atoms with Gasteiger partial charge < -0.3 is 4.74 Å². The molecule has 0 atom stereocenters. The summed E-state index contributed by atoms with van der Waals surface area (Å²) in [5.41, 5.74) is 0.516. The molecule has 4 heteroatoms. The molecular weight excluding hydrogens is 258 g/mol. The van der Waals surface area contributed by atoms with E-state index in [1.165, 1.54) is 11.3 Å². The van der Waals surface area contributed by atoms with Crippen LogP contribution >= 0.6 is 11.3 Å². The monoisotopic (exact) mass is 281 g/mol. The molecule has 1 aromatic rings. The second kappa shape index (κ2) is 6.14. The van der Waals surface area contributed by atoms with Gasteiger partial charge in [-0.1, -0.05) is 19.3 Å². The molecule has 0 amide bonds. The molecule has 1 aliphatic carbocycles. The number of Topliss-reactive ketones (excluding diaryl/α,β-unsaturated/α-hetero) is 1. The zero-order chi connectivity index (χ0) is 13.9. The Kier molecular flexibility index (Phi) is 4.74. The number of rotatable bonds is 5. The molecule has 1 heterocycles. The van der Waals surface area contributed by atoms with Crippen LogP contribution in [0.25, 0.3) is 0 Å². The highest BCUT2D eigenvalue weighted by Crippen LogP contribution is 2.34. The van der Waals surface area contributed by atoms with Crippen molar-refractivity contribution in [2.24, 2.45) is 0 Å². The second-order valence-corrected chi connectivity index (χ2v) is 6.62. The Balaban J connectivity index is 2.11. The van der Waals surface area contributed by atoms with Gasteiger partial charge in [0, 0.05) is 11.5 Å². The van der Waals surface area contributed by atoms with Crippen molar-refractivity contribution in [1.82, 2.24) is 4.98 Å². The van der Waals surface area contributed by atoms with Crippen molar-refractivity contribution < 1.29 is 9.53 Å². The molecule has 1 saturated carbocycles. The van der Waals surface area contributed by atoms with Crippen molar-refractivity contribution >= 4 is 17.1 Å². The first kappa shape index (κ1) is 14.7. The highest BCUT2D eigenvalue weighted by atomic mass is 32.1. The van der Waals surface area contributed by atoms with E-state index in [2.05, 4.69) is 11.9 Å². The molecule has 1 fully saturated rings. The average molecular weight is 281 g/mol. The Morgan fingerprint density at radius 1 is 1.32 bits per heavy atom. The Labute approximate surface area is 119 Å². The van der Waals surface area contributed by atoms with E-state index in [9.17, 15) is 4.79 Å². The Morgan fingerprint density at radius 2 is 2.00 bits per heavy atom. The van der Waals surface area contributed by atoms with E-state index in [-0.39, 0.29) is 5.78 Å². The predicted octanol–water partition coefficient (Wildman–Crippen LogP) is 3.61. The molecule has 3 nitrogen and oxygen atoms in total. The molecular formula is C15H23NO2S. The molecule has 106 valence electrons. The first-order valence-electron chi connectivity index (χ1n) is 7.17. The van der Waals surface area contributed by atoms with Crippen molar-refractivity contribution in [3.63, 3.8) is 0 Å². The minimum atomic E-state index is -0.527. The van der Waals surface area contributed by atoms with E-state index >= 15 is 0 Å². The minimum absolute atomic E-state index is 0.225. The van der Waals surface area contributed by atoms with Gasteiger partial charge in [0.05, 0.1) is 12.1 Å². The van der Waals surface area contributed by atoms with Crippen LogP contribution in [0.2, 0.25) is 0 Å². The van der Waals surface area contributed by atoms with Crippen molar-refractivity contribution in [1.29, 1.82) is 0 Å². The molecule has 0 spiro atoms. The van der Waals surface area contributed by atoms with E-state index in [0.29, 0.717) is 13.0 Å². The van der Waals surface area contributed by atoms with Gasteiger partial charge in [-0.05, 0) is 33.6 Å². The van der Waals surface area contributed by atoms with Crippen molar-refractivity contribution in [2.45, 2.75) is 64.9 Å². The molecule has 0 aromatic carbocycles. The lowest BCUT2D eigenvalue weighted by Gasteiger charge is -2.35. The van der Waals surface area contributed by atoms with Crippen molar-refractivity contribution in [3.05, 3.63) is 15.6 Å². The van der Waals surface area contributed by atoms with Gasteiger partial charge in [-0.25, -0.2) is 4.98 Å². The van der Waals surface area contributed by atoms with E-state index in [1.807, 2.05) is 13.8 Å². The Bertz CT molecular complexity index is 422. The summed E-state index contributed by atoms with van der Waals surface area (Å²) in [5.74, 6) is 0.225. The van der Waals surface area contributed by atoms with Gasteiger partial charge in [-0.15, -0.1) is 11.3 Å². The van der Waals surface area contributed by atoms with Crippen LogP contribution in [0.4, 0.5) is 0 Å². The van der Waals surface area contributed by atoms with Crippen LogP contribution in [0.5, 0.6) is 0 Å². The second-order valence-electron chi connectivity index (χ2n) is 5.34. The minimum Gasteiger partial charge on any atom is -0.367 e. The Morgan fingerprint density at radius 3 is 2.53 bits per heavy atom. The van der Waals surface area contributed by atoms with Crippen LogP contribution in [0.3, 0.4) is 0 Å². The number of ether oxygens (including phenoxy) is 1. The molecule has 0 radical (unpaired) electrons. The lowest BCUT2D eigenvalue weighted by molar-refractivity contribution is -0.148. The van der Waals surface area contributed by atoms with Gasteiger partial charge in [-0.2, -0.15) is 0 Å². The summed E-state index contributed by atoms with van der Waals surface area (Å²) in [4.78, 5) is 18.3. The SMILES string of the molecule is CCOC1(C(=O)Cc2nc(C)c(C)s2)CCCCC1. The molecule has 2 rings (SSSR count). The van der Waals surface area contributed by atoms with E-state index in [0.717, 1.165) is 36.4 Å². The number of hydrogen-bond acceptors (Lipinski definition) is 4. The van der Waals surface area contributed by atoms with Gasteiger partial charge >= 0.3 is 0 Å². The first-order valence-corrected chi connectivity index (χ1v) is 7.99. The number of hydrogen-bond donors (Lipinski definition) is 0. The maximum Gasteiger partial charge on any atom is 0.171 e. The number of ketones is 1. The first-order chi connectivity index (χ1) is 9.07. The smallest absolute Gasteiger partial charge is 0.171 e. The quantitative estimate of drug-likeness (QED) is 0.827. The fourth-order valence-corrected chi connectivity index (χ4v) is 3.75. The molecule has 1 aliphatic rings. The van der Waals surface area contributed by atoms with Crippen LogP contribution in [-0.2, 0) is 16.0 Å². The maximum atomic E-state index is 12.6. The highest BCUT2D eigenvalue weighted by Gasteiger charge is 2.40. The van der Waals surface area contributed by atoms with Gasteiger partial charge in [-0.3, -0.25) is 4.79 Å². The van der Waals surface area contributed by atoms with E-state index in [4.69, 9.17) is 4.74 Å². The van der Waals surface area contributed by atoms with Gasteiger partial charge in [0.15, 0.2) is 5.78 Å². The number of aryl methyl sites for hydroxylation is 2. The number of nitrogens with zero attached hydrogens (tertiary/aromatic N) is 1. The number of carbonyl (C=O) groups is 1. The summed E-state index contributed by atoms with van der Waals surface area (Å²) in [6, 6.07) is 0. The van der Waals surface area contributed by atoms with Crippen LogP contribution < -0.4 is 0 Å². The fourth-order valence-electron chi connectivity index (χ4n) is 2.82. The molecule has 0 saturated heterocycles. The molecule has 0 bridgehead atoms. The molecule has 0 aliphatic heterocycles. The summed E-state index contributed by atoms with van der Waals surface area (Å²) in [6.07, 6.45) is 5.60. The summed E-state index contributed by atoms with van der Waals surface area (Å²) in [5, 5.41) is 0.935. The van der Waals surface area contributed by atoms with Crippen LogP contribution in [0.15, 0.2) is 0 Å². The number of carbonyl (C=O) groups excluding carboxylic acids is 1. The standard InChI is InChI=1S/C15H23NO2S/c1-4-18-15(8-6-5-7-9-15)13(17)10-14-16-11(2)12(3)19-14/h4-10H2,1-3H3. The van der Waals surface area contributed by atoms with E-state index < -0.39 is 5.60 Å². The number of thiazole rings is 1. The summed E-state index contributed by atoms with van der Waals surface area (Å²) in [6.45, 7) is 6.64. The Hall–Kier alpha value is -0.740. The molecule has 1 aromatic heterocycles. The topological polar surface area (TPSA) is 39.2 Å².